The number of methoxy groups -OCH3 is 1. The number of ether oxygens (including phenoxy) is 1. The van der Waals surface area contributed by atoms with Crippen LogP contribution in [0.2, 0.25) is 0 Å². The van der Waals surface area contributed by atoms with E-state index in [4.69, 9.17) is 4.74 Å². The first-order valence-corrected chi connectivity index (χ1v) is 7.64. The largest absolute Gasteiger partial charge is 0.375 e. The first kappa shape index (κ1) is 16.2. The van der Waals surface area contributed by atoms with E-state index < -0.39 is 0 Å². The van der Waals surface area contributed by atoms with E-state index in [1.807, 2.05) is 7.11 Å². The van der Waals surface area contributed by atoms with Gasteiger partial charge in [0.2, 0.25) is 0 Å². The number of unbranched alkanes of at least 4 members (excludes halogenated alkanes) is 3. The number of likely N-dealkylation sites (N-methyl/N-ethyl adjacent to an activating group) is 1. The lowest BCUT2D eigenvalue weighted by atomic mass is 9.97. The maximum absolute atomic E-state index is 5.75. The molecule has 0 radical (unpaired) electrons. The number of hydrogen-bond acceptors (Lipinski definition) is 2. The van der Waals surface area contributed by atoms with Crippen LogP contribution in [0, 0.1) is 0 Å². The molecular formula is C17H29NO. The second-order valence-corrected chi connectivity index (χ2v) is 5.08. The molecule has 2 heteroatoms. The normalized spacial score (nSPS) is 14.3. The molecule has 2 unspecified atom stereocenters. The third-order valence-electron chi connectivity index (χ3n) is 3.58. The van der Waals surface area contributed by atoms with Gasteiger partial charge < -0.3 is 10.1 Å². The molecular weight excluding hydrogens is 234 g/mol. The van der Waals surface area contributed by atoms with Crippen molar-refractivity contribution < 1.29 is 4.74 Å². The van der Waals surface area contributed by atoms with Gasteiger partial charge in [0.05, 0.1) is 6.10 Å². The lowest BCUT2D eigenvalue weighted by Gasteiger charge is -2.27. The van der Waals surface area contributed by atoms with Gasteiger partial charge in [-0.3, -0.25) is 0 Å². The summed E-state index contributed by atoms with van der Waals surface area (Å²) < 4.78 is 5.75. The lowest BCUT2D eigenvalue weighted by Crippen LogP contribution is -2.35. The second kappa shape index (κ2) is 9.99. The summed E-state index contributed by atoms with van der Waals surface area (Å²) in [7, 11) is 1.81. The average Bonchev–Trinajstić information content (AvgIpc) is 2.45. The van der Waals surface area contributed by atoms with Gasteiger partial charge in [-0.05, 0) is 18.5 Å². The lowest BCUT2D eigenvalue weighted by molar-refractivity contribution is 0.0645. The molecule has 0 aliphatic heterocycles. The van der Waals surface area contributed by atoms with Crippen LogP contribution in [0.5, 0.6) is 0 Å². The predicted octanol–water partition coefficient (Wildman–Crippen LogP) is 4.32. The molecule has 0 saturated carbocycles. The molecule has 0 bridgehead atoms. The Hall–Kier alpha value is -0.860. The molecule has 108 valence electrons. The van der Waals surface area contributed by atoms with Crippen molar-refractivity contribution in [2.75, 3.05) is 13.7 Å². The van der Waals surface area contributed by atoms with Crippen LogP contribution >= 0.6 is 0 Å². The van der Waals surface area contributed by atoms with Crippen molar-refractivity contribution in [3.63, 3.8) is 0 Å². The highest BCUT2D eigenvalue weighted by atomic mass is 16.5. The van der Waals surface area contributed by atoms with Gasteiger partial charge in [0.1, 0.15) is 0 Å². The van der Waals surface area contributed by atoms with Crippen LogP contribution in [-0.4, -0.2) is 19.7 Å². The van der Waals surface area contributed by atoms with Crippen molar-refractivity contribution >= 4 is 0 Å². The smallest absolute Gasteiger partial charge is 0.0973 e. The summed E-state index contributed by atoms with van der Waals surface area (Å²) in [6.07, 6.45) is 6.56. The fraction of sp³-hybridized carbons (Fsp3) is 0.647. The first-order valence-electron chi connectivity index (χ1n) is 7.64. The molecule has 0 aliphatic carbocycles. The molecule has 19 heavy (non-hydrogen) atoms. The summed E-state index contributed by atoms with van der Waals surface area (Å²) in [5.74, 6) is 0. The second-order valence-electron chi connectivity index (χ2n) is 5.08. The van der Waals surface area contributed by atoms with Crippen LogP contribution in [0.4, 0.5) is 0 Å². The first-order chi connectivity index (χ1) is 9.33. The minimum atomic E-state index is 0.155. The maximum Gasteiger partial charge on any atom is 0.0973 e. The highest BCUT2D eigenvalue weighted by molar-refractivity contribution is 5.19. The Kier molecular flexibility index (Phi) is 8.52. The summed E-state index contributed by atoms with van der Waals surface area (Å²) in [4.78, 5) is 0. The van der Waals surface area contributed by atoms with Gasteiger partial charge in [0, 0.05) is 13.2 Å². The molecule has 0 heterocycles. The van der Waals surface area contributed by atoms with Gasteiger partial charge in [0.25, 0.3) is 0 Å². The number of benzene rings is 1. The fourth-order valence-electron chi connectivity index (χ4n) is 2.59. The third kappa shape index (κ3) is 5.75. The van der Waals surface area contributed by atoms with E-state index in [0.29, 0.717) is 6.04 Å². The molecule has 0 saturated heterocycles. The fourth-order valence-corrected chi connectivity index (χ4v) is 2.59. The van der Waals surface area contributed by atoms with Gasteiger partial charge in [-0.1, -0.05) is 69.9 Å². The van der Waals surface area contributed by atoms with Crippen molar-refractivity contribution in [2.24, 2.45) is 0 Å². The quantitative estimate of drug-likeness (QED) is 0.635. The number of nitrogens with one attached hydrogen (secondary N) is 1. The Morgan fingerprint density at radius 1 is 1.05 bits per heavy atom. The molecule has 2 nitrogen and oxygen atoms in total. The predicted molar refractivity (Wildman–Crippen MR) is 82.4 cm³/mol. The molecule has 0 spiro atoms. The Morgan fingerprint density at radius 3 is 2.37 bits per heavy atom. The van der Waals surface area contributed by atoms with E-state index in [1.165, 1.54) is 37.7 Å². The number of hydrogen-bond donors (Lipinski definition) is 1. The molecule has 0 fully saturated rings. The van der Waals surface area contributed by atoms with Crippen molar-refractivity contribution in [1.82, 2.24) is 5.32 Å². The van der Waals surface area contributed by atoms with Crippen molar-refractivity contribution in [2.45, 2.75) is 58.1 Å². The topological polar surface area (TPSA) is 21.3 Å². The Bertz CT molecular complexity index is 312. The van der Waals surface area contributed by atoms with E-state index in [-0.39, 0.29) is 6.10 Å². The van der Waals surface area contributed by atoms with E-state index in [2.05, 4.69) is 49.5 Å². The summed E-state index contributed by atoms with van der Waals surface area (Å²) in [5.41, 5.74) is 1.27. The summed E-state index contributed by atoms with van der Waals surface area (Å²) in [6, 6.07) is 11.0. The van der Waals surface area contributed by atoms with Gasteiger partial charge >= 0.3 is 0 Å². The van der Waals surface area contributed by atoms with Crippen LogP contribution in [0.3, 0.4) is 0 Å². The van der Waals surface area contributed by atoms with Crippen LogP contribution in [-0.2, 0) is 4.74 Å². The summed E-state index contributed by atoms with van der Waals surface area (Å²) in [6.45, 7) is 5.41. The Morgan fingerprint density at radius 2 is 1.79 bits per heavy atom. The third-order valence-corrected chi connectivity index (χ3v) is 3.58. The van der Waals surface area contributed by atoms with Crippen molar-refractivity contribution in [3.8, 4) is 0 Å². The van der Waals surface area contributed by atoms with E-state index >= 15 is 0 Å². The zero-order chi connectivity index (χ0) is 13.9. The number of rotatable bonds is 10. The zero-order valence-corrected chi connectivity index (χ0v) is 12.7. The minimum absolute atomic E-state index is 0.155. The van der Waals surface area contributed by atoms with Crippen molar-refractivity contribution in [1.29, 1.82) is 0 Å². The Balaban J connectivity index is 2.60. The van der Waals surface area contributed by atoms with Crippen LogP contribution in [0.15, 0.2) is 30.3 Å². The standard InChI is InChI=1S/C17H29NO/c1-4-6-7-11-14-16(18-5-2)17(19-3)15-12-9-8-10-13-15/h8-10,12-13,16-18H,4-7,11,14H2,1-3H3. The van der Waals surface area contributed by atoms with Gasteiger partial charge in [-0.2, -0.15) is 0 Å². The van der Waals surface area contributed by atoms with E-state index in [0.717, 1.165) is 6.54 Å². The van der Waals surface area contributed by atoms with Gasteiger partial charge in [-0.25, -0.2) is 0 Å². The summed E-state index contributed by atoms with van der Waals surface area (Å²) >= 11 is 0. The molecule has 1 aromatic rings. The minimum Gasteiger partial charge on any atom is -0.375 e. The maximum atomic E-state index is 5.75. The van der Waals surface area contributed by atoms with Crippen molar-refractivity contribution in [3.05, 3.63) is 35.9 Å². The molecule has 1 rings (SSSR count). The van der Waals surface area contributed by atoms with Crippen LogP contribution < -0.4 is 5.32 Å². The summed E-state index contributed by atoms with van der Waals surface area (Å²) in [5, 5.41) is 3.58. The average molecular weight is 263 g/mol. The van der Waals surface area contributed by atoms with Crippen LogP contribution in [0.1, 0.15) is 57.6 Å². The molecule has 1 N–H and O–H groups in total. The highest BCUT2D eigenvalue weighted by Crippen LogP contribution is 2.24. The van der Waals surface area contributed by atoms with Gasteiger partial charge in [-0.15, -0.1) is 0 Å². The van der Waals surface area contributed by atoms with Crippen LogP contribution in [0.25, 0.3) is 0 Å². The molecule has 0 aliphatic rings. The van der Waals surface area contributed by atoms with Gasteiger partial charge in [0.15, 0.2) is 0 Å². The monoisotopic (exact) mass is 263 g/mol. The van der Waals surface area contributed by atoms with E-state index in [9.17, 15) is 0 Å². The molecule has 0 aromatic heterocycles. The highest BCUT2D eigenvalue weighted by Gasteiger charge is 2.21. The zero-order valence-electron chi connectivity index (χ0n) is 12.7. The molecule has 1 aromatic carbocycles. The molecule has 0 amide bonds. The van der Waals surface area contributed by atoms with E-state index in [1.54, 1.807) is 0 Å². The molecule has 2 atom stereocenters. The SMILES string of the molecule is CCCCCCC(NCC)C(OC)c1ccccc1. The Labute approximate surface area is 118 Å².